The van der Waals surface area contributed by atoms with Crippen molar-refractivity contribution in [3.8, 4) is 0 Å². The molecule has 0 aromatic rings. The zero-order valence-electron chi connectivity index (χ0n) is 9.74. The molecule has 0 aromatic heterocycles. The first-order chi connectivity index (χ1) is 7.81. The number of hydrogen-bond acceptors (Lipinski definition) is 3. The van der Waals surface area contributed by atoms with Gasteiger partial charge < -0.3 is 9.47 Å². The number of ketones is 1. The summed E-state index contributed by atoms with van der Waals surface area (Å²) < 4.78 is 11.5. The lowest BCUT2D eigenvalue weighted by Gasteiger charge is -2.45. The fourth-order valence-corrected chi connectivity index (χ4v) is 3.44. The van der Waals surface area contributed by atoms with Crippen LogP contribution in [0.2, 0.25) is 0 Å². The third-order valence-corrected chi connectivity index (χ3v) is 4.55. The fourth-order valence-electron chi connectivity index (χ4n) is 3.44. The Bertz CT molecular complexity index is 275. The Labute approximate surface area is 96.5 Å². The normalized spacial score (nSPS) is 36.9. The van der Waals surface area contributed by atoms with Crippen molar-refractivity contribution in [3.05, 3.63) is 0 Å². The van der Waals surface area contributed by atoms with Crippen LogP contribution >= 0.6 is 0 Å². The molecule has 1 aliphatic heterocycles. The largest absolute Gasteiger partial charge is 0.376 e. The minimum absolute atomic E-state index is 0.0708. The average molecular weight is 224 g/mol. The second kappa shape index (κ2) is 4.11. The summed E-state index contributed by atoms with van der Waals surface area (Å²) in [5.74, 6) is 0.447. The van der Waals surface area contributed by atoms with Gasteiger partial charge in [0.1, 0.15) is 5.78 Å². The predicted octanol–water partition coefficient (Wildman–Crippen LogP) is 2.08. The fraction of sp³-hybridized carbons (Fsp3) is 0.923. The van der Waals surface area contributed by atoms with Gasteiger partial charge in [-0.05, 0) is 25.7 Å². The molecule has 2 saturated carbocycles. The summed E-state index contributed by atoms with van der Waals surface area (Å²) in [6.07, 6.45) is 7.92. The van der Waals surface area contributed by atoms with Gasteiger partial charge >= 0.3 is 0 Å². The molecule has 0 N–H and O–H groups in total. The SMILES string of the molecule is O=C1CC(OCC2CCCO2)C12CCCC2. The average Bonchev–Trinajstić information content (AvgIpc) is 2.95. The minimum atomic E-state index is -0.0708. The van der Waals surface area contributed by atoms with E-state index in [0.29, 0.717) is 18.8 Å². The Hall–Kier alpha value is -0.410. The van der Waals surface area contributed by atoms with E-state index in [1.807, 2.05) is 0 Å². The molecule has 3 rings (SSSR count). The van der Waals surface area contributed by atoms with E-state index in [-0.39, 0.29) is 17.6 Å². The Balaban J connectivity index is 1.53. The molecule has 3 fully saturated rings. The molecule has 2 unspecified atom stereocenters. The zero-order valence-corrected chi connectivity index (χ0v) is 9.74. The molecule has 90 valence electrons. The van der Waals surface area contributed by atoms with Crippen molar-refractivity contribution in [2.45, 2.75) is 57.2 Å². The quantitative estimate of drug-likeness (QED) is 0.736. The lowest BCUT2D eigenvalue weighted by atomic mass is 9.63. The highest BCUT2D eigenvalue weighted by molar-refractivity contribution is 5.92. The first-order valence-corrected chi connectivity index (χ1v) is 6.58. The Morgan fingerprint density at radius 3 is 2.75 bits per heavy atom. The molecule has 3 nitrogen and oxygen atoms in total. The first kappa shape index (κ1) is 10.7. The number of ether oxygens (including phenoxy) is 2. The van der Waals surface area contributed by atoms with Gasteiger partial charge in [-0.15, -0.1) is 0 Å². The van der Waals surface area contributed by atoms with Crippen LogP contribution in [0.4, 0.5) is 0 Å². The Morgan fingerprint density at radius 2 is 2.12 bits per heavy atom. The van der Waals surface area contributed by atoms with E-state index in [0.717, 1.165) is 32.3 Å². The summed E-state index contributed by atoms with van der Waals surface area (Å²) >= 11 is 0. The van der Waals surface area contributed by atoms with Gasteiger partial charge in [0.2, 0.25) is 0 Å². The number of carbonyl (C=O) groups excluding carboxylic acids is 1. The summed E-state index contributed by atoms with van der Waals surface area (Å²) in [5, 5.41) is 0. The van der Waals surface area contributed by atoms with Gasteiger partial charge in [-0.1, -0.05) is 12.8 Å². The number of carbonyl (C=O) groups is 1. The highest BCUT2D eigenvalue weighted by atomic mass is 16.5. The van der Waals surface area contributed by atoms with Crippen LogP contribution in [0.5, 0.6) is 0 Å². The van der Waals surface area contributed by atoms with Gasteiger partial charge in [-0.25, -0.2) is 0 Å². The maximum atomic E-state index is 11.7. The molecule has 2 aliphatic carbocycles. The molecule has 0 radical (unpaired) electrons. The molecule has 2 atom stereocenters. The van der Waals surface area contributed by atoms with Gasteiger partial charge in [0, 0.05) is 13.0 Å². The van der Waals surface area contributed by atoms with Crippen molar-refractivity contribution < 1.29 is 14.3 Å². The van der Waals surface area contributed by atoms with Crippen molar-refractivity contribution in [2.24, 2.45) is 5.41 Å². The van der Waals surface area contributed by atoms with Crippen molar-refractivity contribution in [1.82, 2.24) is 0 Å². The van der Waals surface area contributed by atoms with Crippen LogP contribution in [0.1, 0.15) is 44.9 Å². The van der Waals surface area contributed by atoms with E-state index in [4.69, 9.17) is 9.47 Å². The smallest absolute Gasteiger partial charge is 0.144 e. The number of Topliss-reactive ketones (excluding diaryl/α,β-unsaturated/α-hetero) is 1. The second-order valence-electron chi connectivity index (χ2n) is 5.45. The summed E-state index contributed by atoms with van der Waals surface area (Å²) in [6, 6.07) is 0. The molecule has 1 saturated heterocycles. The maximum Gasteiger partial charge on any atom is 0.144 e. The summed E-state index contributed by atoms with van der Waals surface area (Å²) in [7, 11) is 0. The van der Waals surface area contributed by atoms with E-state index in [1.54, 1.807) is 0 Å². The molecule has 1 spiro atoms. The molecule has 0 bridgehead atoms. The van der Waals surface area contributed by atoms with Gasteiger partial charge in [-0.3, -0.25) is 4.79 Å². The molecule has 1 heterocycles. The monoisotopic (exact) mass is 224 g/mol. The minimum Gasteiger partial charge on any atom is -0.376 e. The molecule has 3 aliphatic rings. The maximum absolute atomic E-state index is 11.7. The predicted molar refractivity (Wildman–Crippen MR) is 59.2 cm³/mol. The van der Waals surface area contributed by atoms with Crippen LogP contribution in [0, 0.1) is 5.41 Å². The topological polar surface area (TPSA) is 35.5 Å². The van der Waals surface area contributed by atoms with Gasteiger partial charge in [-0.2, -0.15) is 0 Å². The highest BCUT2D eigenvalue weighted by Gasteiger charge is 2.56. The van der Waals surface area contributed by atoms with Gasteiger partial charge in [0.25, 0.3) is 0 Å². The van der Waals surface area contributed by atoms with E-state index < -0.39 is 0 Å². The van der Waals surface area contributed by atoms with E-state index in [2.05, 4.69) is 0 Å². The highest BCUT2D eigenvalue weighted by Crippen LogP contribution is 2.52. The standard InChI is InChI=1S/C13H20O3/c14-11-8-12(13(11)5-1-2-6-13)16-9-10-4-3-7-15-10/h10,12H,1-9H2. The summed E-state index contributed by atoms with van der Waals surface area (Å²) in [4.78, 5) is 11.7. The summed E-state index contributed by atoms with van der Waals surface area (Å²) in [6.45, 7) is 1.57. The van der Waals surface area contributed by atoms with Gasteiger partial charge in [0.15, 0.2) is 0 Å². The third-order valence-electron chi connectivity index (χ3n) is 4.55. The van der Waals surface area contributed by atoms with Crippen molar-refractivity contribution >= 4 is 5.78 Å². The molecular weight excluding hydrogens is 204 g/mol. The second-order valence-corrected chi connectivity index (χ2v) is 5.45. The van der Waals surface area contributed by atoms with Crippen LogP contribution in [0.15, 0.2) is 0 Å². The lowest BCUT2D eigenvalue weighted by molar-refractivity contribution is -0.167. The van der Waals surface area contributed by atoms with Crippen molar-refractivity contribution in [1.29, 1.82) is 0 Å². The molecule has 0 aromatic carbocycles. The van der Waals surface area contributed by atoms with Crippen molar-refractivity contribution in [2.75, 3.05) is 13.2 Å². The number of hydrogen-bond donors (Lipinski definition) is 0. The van der Waals surface area contributed by atoms with Crippen LogP contribution < -0.4 is 0 Å². The van der Waals surface area contributed by atoms with Crippen LogP contribution in [-0.2, 0) is 14.3 Å². The van der Waals surface area contributed by atoms with Crippen molar-refractivity contribution in [3.63, 3.8) is 0 Å². The van der Waals surface area contributed by atoms with Crippen LogP contribution in [0.25, 0.3) is 0 Å². The molecular formula is C13H20O3. The lowest BCUT2D eigenvalue weighted by Crippen LogP contribution is -2.54. The third kappa shape index (κ3) is 1.61. The molecule has 16 heavy (non-hydrogen) atoms. The van der Waals surface area contributed by atoms with Crippen LogP contribution in [-0.4, -0.2) is 31.2 Å². The Morgan fingerprint density at radius 1 is 1.31 bits per heavy atom. The molecule has 0 amide bonds. The summed E-state index contributed by atoms with van der Waals surface area (Å²) in [5.41, 5.74) is -0.0708. The first-order valence-electron chi connectivity index (χ1n) is 6.58. The van der Waals surface area contributed by atoms with E-state index in [9.17, 15) is 4.79 Å². The molecule has 3 heteroatoms. The van der Waals surface area contributed by atoms with Gasteiger partial charge in [0.05, 0.1) is 24.2 Å². The van der Waals surface area contributed by atoms with E-state index in [1.165, 1.54) is 12.8 Å². The zero-order chi connectivity index (χ0) is 11.0. The van der Waals surface area contributed by atoms with Crippen LogP contribution in [0.3, 0.4) is 0 Å². The van der Waals surface area contributed by atoms with E-state index >= 15 is 0 Å². The Kier molecular flexibility index (Phi) is 2.76. The number of rotatable bonds is 3.